The summed E-state index contributed by atoms with van der Waals surface area (Å²) in [7, 11) is 0. The largest absolute Gasteiger partial charge is 0.490 e. The van der Waals surface area contributed by atoms with E-state index in [9.17, 15) is 19.2 Å². The molecule has 4 rings (SSSR count). The van der Waals surface area contributed by atoms with Gasteiger partial charge in [0.1, 0.15) is 6.54 Å². The number of esters is 1. The summed E-state index contributed by atoms with van der Waals surface area (Å²) in [6.45, 7) is 3.43. The molecule has 3 amide bonds. The minimum Gasteiger partial charge on any atom is -0.490 e. The molecule has 1 aliphatic heterocycles. The van der Waals surface area contributed by atoms with Gasteiger partial charge in [-0.15, -0.1) is 0 Å². The van der Waals surface area contributed by atoms with Crippen molar-refractivity contribution in [1.29, 1.82) is 0 Å². The first kappa shape index (κ1) is 26.7. The van der Waals surface area contributed by atoms with Crippen LogP contribution in [0.3, 0.4) is 0 Å². The second kappa shape index (κ2) is 12.3. The number of nitrogens with zero attached hydrogens (tertiary/aromatic N) is 1. The number of thioether (sulfide) groups is 1. The molecule has 0 atom stereocenters. The molecular weight excluding hydrogens is 508 g/mol. The van der Waals surface area contributed by atoms with Crippen molar-refractivity contribution >= 4 is 57.3 Å². The fraction of sp³-hybridized carbons (Fsp3) is 0.214. The summed E-state index contributed by atoms with van der Waals surface area (Å²) in [5.74, 6) is -0.827. The van der Waals surface area contributed by atoms with Gasteiger partial charge in [0.25, 0.3) is 11.1 Å². The Hall–Kier alpha value is -4.31. The molecule has 0 aliphatic carbocycles. The van der Waals surface area contributed by atoms with Crippen molar-refractivity contribution in [2.75, 3.05) is 31.7 Å². The van der Waals surface area contributed by atoms with Gasteiger partial charge in [-0.3, -0.25) is 19.3 Å². The third kappa shape index (κ3) is 6.33. The summed E-state index contributed by atoms with van der Waals surface area (Å²) >= 11 is 0.756. The van der Waals surface area contributed by atoms with Crippen LogP contribution in [-0.2, 0) is 19.1 Å². The average Bonchev–Trinajstić information content (AvgIpc) is 3.16. The maximum Gasteiger partial charge on any atom is 0.344 e. The summed E-state index contributed by atoms with van der Waals surface area (Å²) in [6.07, 6.45) is 1.55. The predicted molar refractivity (Wildman–Crippen MR) is 145 cm³/mol. The molecule has 10 heteroatoms. The summed E-state index contributed by atoms with van der Waals surface area (Å²) in [5, 5.41) is 4.08. The maximum atomic E-state index is 13.0. The molecule has 1 saturated heterocycles. The second-order valence-corrected chi connectivity index (χ2v) is 9.07. The first-order chi connectivity index (χ1) is 18.4. The third-order valence-electron chi connectivity index (χ3n) is 5.46. The van der Waals surface area contributed by atoms with Gasteiger partial charge in [0.15, 0.2) is 18.1 Å². The normalized spacial score (nSPS) is 14.2. The molecule has 1 heterocycles. The second-order valence-electron chi connectivity index (χ2n) is 8.08. The maximum absolute atomic E-state index is 13.0. The Bertz CT molecular complexity index is 1410. The highest BCUT2D eigenvalue weighted by Gasteiger charge is 2.36. The molecule has 196 valence electrons. The van der Waals surface area contributed by atoms with Gasteiger partial charge in [-0.1, -0.05) is 42.5 Å². The lowest BCUT2D eigenvalue weighted by Gasteiger charge is -2.14. The van der Waals surface area contributed by atoms with Crippen molar-refractivity contribution < 1.29 is 33.4 Å². The smallest absolute Gasteiger partial charge is 0.344 e. The fourth-order valence-corrected chi connectivity index (χ4v) is 4.64. The summed E-state index contributed by atoms with van der Waals surface area (Å²) in [6, 6.07) is 18.0. The minimum absolute atomic E-state index is 0.176. The van der Waals surface area contributed by atoms with E-state index in [0.717, 1.165) is 27.4 Å². The summed E-state index contributed by atoms with van der Waals surface area (Å²) in [5.41, 5.74) is 1.19. The van der Waals surface area contributed by atoms with E-state index in [2.05, 4.69) is 5.32 Å². The molecule has 3 aromatic carbocycles. The third-order valence-corrected chi connectivity index (χ3v) is 6.36. The number of carbonyl (C=O) groups excluding carboxylic acids is 4. The number of anilines is 1. The predicted octanol–water partition coefficient (Wildman–Crippen LogP) is 4.86. The number of fused-ring (bicyclic) bond motifs is 1. The molecular formula is C28H26N2O7S. The van der Waals surface area contributed by atoms with Crippen molar-refractivity contribution in [3.8, 4) is 11.5 Å². The number of imide groups is 1. The zero-order valence-electron chi connectivity index (χ0n) is 20.9. The highest BCUT2D eigenvalue weighted by molar-refractivity contribution is 8.18. The van der Waals surface area contributed by atoms with Crippen LogP contribution in [0.25, 0.3) is 16.8 Å². The van der Waals surface area contributed by atoms with Gasteiger partial charge in [0, 0.05) is 11.1 Å². The number of hydrogen-bond acceptors (Lipinski definition) is 8. The number of rotatable bonds is 10. The molecule has 1 N–H and O–H groups in total. The van der Waals surface area contributed by atoms with Gasteiger partial charge >= 0.3 is 5.97 Å². The van der Waals surface area contributed by atoms with Gasteiger partial charge in [-0.05, 0) is 60.8 Å². The molecule has 0 radical (unpaired) electrons. The summed E-state index contributed by atoms with van der Waals surface area (Å²) in [4.78, 5) is 51.0. The zero-order chi connectivity index (χ0) is 27.1. The standard InChI is InChI=1S/C28H26N2O7S/c1-3-35-23-14-18(12-13-22(23)37-17-26(32)36-4-2)15-24-27(33)30(28(34)38-24)16-25(31)29-21-11-7-9-19-8-5-6-10-20(19)21/h5-15H,3-4,16-17H2,1-2H3,(H,29,31)/b24-15-. The van der Waals surface area contributed by atoms with Gasteiger partial charge in [-0.25, -0.2) is 4.79 Å². The highest BCUT2D eigenvalue weighted by Crippen LogP contribution is 2.35. The van der Waals surface area contributed by atoms with Crippen LogP contribution in [-0.4, -0.2) is 54.3 Å². The molecule has 0 spiro atoms. The number of carbonyl (C=O) groups is 4. The van der Waals surface area contributed by atoms with E-state index in [4.69, 9.17) is 14.2 Å². The van der Waals surface area contributed by atoms with Crippen LogP contribution in [0.2, 0.25) is 0 Å². The van der Waals surface area contributed by atoms with Crippen LogP contribution in [0.1, 0.15) is 19.4 Å². The minimum atomic E-state index is -0.561. The van der Waals surface area contributed by atoms with E-state index in [-0.39, 0.29) is 18.1 Å². The Balaban J connectivity index is 1.45. The zero-order valence-corrected chi connectivity index (χ0v) is 21.7. The first-order valence-corrected chi connectivity index (χ1v) is 12.8. The van der Waals surface area contributed by atoms with E-state index in [1.807, 2.05) is 36.4 Å². The molecule has 0 bridgehead atoms. The van der Waals surface area contributed by atoms with E-state index in [0.29, 0.717) is 29.4 Å². The number of ether oxygens (including phenoxy) is 3. The van der Waals surface area contributed by atoms with Crippen LogP contribution < -0.4 is 14.8 Å². The van der Waals surface area contributed by atoms with Gasteiger partial charge < -0.3 is 19.5 Å². The fourth-order valence-electron chi connectivity index (χ4n) is 3.80. The molecule has 9 nitrogen and oxygen atoms in total. The molecule has 38 heavy (non-hydrogen) atoms. The van der Waals surface area contributed by atoms with E-state index < -0.39 is 29.6 Å². The lowest BCUT2D eigenvalue weighted by molar-refractivity contribution is -0.145. The molecule has 1 fully saturated rings. The van der Waals surface area contributed by atoms with Crippen molar-refractivity contribution in [3.05, 3.63) is 71.1 Å². The average molecular weight is 535 g/mol. The lowest BCUT2D eigenvalue weighted by Crippen LogP contribution is -2.36. The lowest BCUT2D eigenvalue weighted by atomic mass is 10.1. The van der Waals surface area contributed by atoms with Crippen LogP contribution in [0.4, 0.5) is 10.5 Å². The summed E-state index contributed by atoms with van der Waals surface area (Å²) < 4.78 is 16.0. The van der Waals surface area contributed by atoms with Crippen LogP contribution in [0, 0.1) is 0 Å². The van der Waals surface area contributed by atoms with Crippen molar-refractivity contribution in [2.24, 2.45) is 0 Å². The Kier molecular flexibility index (Phi) is 8.65. The highest BCUT2D eigenvalue weighted by atomic mass is 32.2. The number of benzene rings is 3. The molecule has 0 unspecified atom stereocenters. The molecule has 3 aromatic rings. The molecule has 1 aliphatic rings. The first-order valence-electron chi connectivity index (χ1n) is 12.0. The van der Waals surface area contributed by atoms with E-state index in [1.54, 1.807) is 44.2 Å². The van der Waals surface area contributed by atoms with Gasteiger partial charge in [0.2, 0.25) is 5.91 Å². The number of nitrogens with one attached hydrogen (secondary N) is 1. The van der Waals surface area contributed by atoms with E-state index >= 15 is 0 Å². The van der Waals surface area contributed by atoms with Crippen LogP contribution in [0.15, 0.2) is 65.6 Å². The molecule has 0 aromatic heterocycles. The van der Waals surface area contributed by atoms with Crippen LogP contribution >= 0.6 is 11.8 Å². The Morgan fingerprint density at radius 2 is 1.74 bits per heavy atom. The Morgan fingerprint density at radius 1 is 0.947 bits per heavy atom. The monoisotopic (exact) mass is 534 g/mol. The van der Waals surface area contributed by atoms with E-state index in [1.165, 1.54) is 0 Å². The Labute approximate surface area is 223 Å². The molecule has 0 saturated carbocycles. The van der Waals surface area contributed by atoms with Crippen molar-refractivity contribution in [1.82, 2.24) is 4.90 Å². The van der Waals surface area contributed by atoms with Crippen molar-refractivity contribution in [2.45, 2.75) is 13.8 Å². The Morgan fingerprint density at radius 3 is 2.53 bits per heavy atom. The number of amides is 3. The quantitative estimate of drug-likeness (QED) is 0.290. The SMILES string of the molecule is CCOC(=O)COc1ccc(/C=C2\SC(=O)N(CC(=O)Nc3cccc4ccccc34)C2=O)cc1OCC. The topological polar surface area (TPSA) is 111 Å². The van der Waals surface area contributed by atoms with Crippen LogP contribution in [0.5, 0.6) is 11.5 Å². The van der Waals surface area contributed by atoms with Crippen molar-refractivity contribution in [3.63, 3.8) is 0 Å². The van der Waals surface area contributed by atoms with Gasteiger partial charge in [0.05, 0.1) is 18.1 Å². The van der Waals surface area contributed by atoms with Gasteiger partial charge in [-0.2, -0.15) is 0 Å². The number of hydrogen-bond donors (Lipinski definition) is 1.